The molecule has 2 fully saturated rings. The number of aryl methyl sites for hydroxylation is 3. The van der Waals surface area contributed by atoms with Crippen molar-refractivity contribution in [3.05, 3.63) is 83.0 Å². The van der Waals surface area contributed by atoms with E-state index in [-0.39, 0.29) is 18.0 Å². The molecule has 0 bridgehead atoms. The number of hydrogen-bond acceptors (Lipinski definition) is 8. The Morgan fingerprint density at radius 3 is 1.92 bits per heavy atom. The summed E-state index contributed by atoms with van der Waals surface area (Å²) in [5, 5.41) is 3.02. The summed E-state index contributed by atoms with van der Waals surface area (Å²) in [7, 11) is 1.96. The van der Waals surface area contributed by atoms with Crippen LogP contribution >= 0.6 is 11.3 Å². The molecule has 0 aliphatic carbocycles. The number of fused-ring (bicyclic) bond motifs is 2. The number of hydrogen-bond donors (Lipinski definition) is 0. The van der Waals surface area contributed by atoms with Gasteiger partial charge in [-0.3, -0.25) is 4.79 Å². The first kappa shape index (κ1) is 42.2. The van der Waals surface area contributed by atoms with Gasteiger partial charge in [0.2, 0.25) is 5.78 Å². The SMILES string of the molecule is Cn1c(C(=O)c2cn(CCCc3ccc(OCC4CCN(C(=O)OC(C)(C)C)CC4)c(OCC4CCN(C(=O)OC(C)(C)C)CC4)c3)c3ccccc23)cc2sccc21. The zero-order valence-corrected chi connectivity index (χ0v) is 36.6. The maximum atomic E-state index is 13.9. The van der Waals surface area contributed by atoms with Gasteiger partial charge in [0.25, 0.3) is 0 Å². The van der Waals surface area contributed by atoms with Crippen LogP contribution in [0.2, 0.25) is 0 Å². The topological polar surface area (TPSA) is 104 Å². The monoisotopic (exact) mass is 824 g/mol. The van der Waals surface area contributed by atoms with Crippen molar-refractivity contribution in [2.45, 2.75) is 97.8 Å². The minimum Gasteiger partial charge on any atom is -0.489 e. The van der Waals surface area contributed by atoms with Crippen molar-refractivity contribution in [2.24, 2.45) is 18.9 Å². The van der Waals surface area contributed by atoms with Crippen LogP contribution in [-0.2, 0) is 29.5 Å². The molecular formula is C47H60N4O7S. The van der Waals surface area contributed by atoms with Crippen molar-refractivity contribution in [3.63, 3.8) is 0 Å². The molecule has 5 aromatic rings. The van der Waals surface area contributed by atoms with E-state index in [1.54, 1.807) is 21.1 Å². The minimum absolute atomic E-state index is 0.0346. The molecule has 2 aliphatic rings. The molecule has 0 radical (unpaired) electrons. The Labute approximate surface area is 352 Å². The number of piperidine rings is 2. The summed E-state index contributed by atoms with van der Waals surface area (Å²) in [6, 6.07) is 18.5. The fourth-order valence-electron chi connectivity index (χ4n) is 8.04. The van der Waals surface area contributed by atoms with Crippen LogP contribution in [0.4, 0.5) is 9.59 Å². The lowest BCUT2D eigenvalue weighted by Gasteiger charge is -2.33. The van der Waals surface area contributed by atoms with E-state index >= 15 is 0 Å². The highest BCUT2D eigenvalue weighted by molar-refractivity contribution is 7.17. The quantitative estimate of drug-likeness (QED) is 0.115. The van der Waals surface area contributed by atoms with Gasteiger partial charge in [0.15, 0.2) is 11.5 Å². The highest BCUT2D eigenvalue weighted by atomic mass is 32.1. The molecule has 7 rings (SSSR count). The first-order chi connectivity index (χ1) is 28.1. The van der Waals surface area contributed by atoms with E-state index in [2.05, 4.69) is 34.2 Å². The molecule has 0 saturated carbocycles. The number of likely N-dealkylation sites (tertiary alicyclic amines) is 2. The largest absolute Gasteiger partial charge is 0.489 e. The Morgan fingerprint density at radius 1 is 0.729 bits per heavy atom. The minimum atomic E-state index is -0.523. The molecule has 2 aromatic carbocycles. The number of aromatic nitrogens is 2. The van der Waals surface area contributed by atoms with Gasteiger partial charge in [0.1, 0.15) is 11.2 Å². The second-order valence-electron chi connectivity index (χ2n) is 18.2. The maximum Gasteiger partial charge on any atom is 0.410 e. The average molecular weight is 825 g/mol. The third-order valence-corrected chi connectivity index (χ3v) is 12.1. The maximum absolute atomic E-state index is 13.9. The molecular weight excluding hydrogens is 765 g/mol. The highest BCUT2D eigenvalue weighted by Gasteiger charge is 2.29. The second kappa shape index (κ2) is 17.7. The average Bonchev–Trinajstić information content (AvgIpc) is 3.90. The fraction of sp³-hybridized carbons (Fsp3) is 0.511. The van der Waals surface area contributed by atoms with Crippen molar-refractivity contribution in [3.8, 4) is 11.5 Å². The van der Waals surface area contributed by atoms with Gasteiger partial charge in [-0.05, 0) is 133 Å². The van der Waals surface area contributed by atoms with E-state index in [9.17, 15) is 14.4 Å². The van der Waals surface area contributed by atoms with Gasteiger partial charge in [-0.25, -0.2) is 9.59 Å². The number of benzene rings is 2. The van der Waals surface area contributed by atoms with E-state index in [1.807, 2.05) is 89.7 Å². The molecule has 2 saturated heterocycles. The smallest absolute Gasteiger partial charge is 0.410 e. The number of thiophene rings is 1. The number of ketones is 1. The first-order valence-electron chi connectivity index (χ1n) is 21.1. The standard InChI is InChI=1S/C47H60N4O7S/c1-46(2,3)57-44(53)49-22-16-33(17-23-49)30-55-40-15-14-32(27-41(40)56-31-34-18-24-50(25-19-34)45(54)58-47(4,5)6)11-10-21-51-29-36(35-12-8-9-13-37(35)51)43(52)39-28-42-38(48(39)7)20-26-59-42/h8-9,12-15,20,26-29,33-34H,10-11,16-19,21-25,30-31H2,1-7H3. The summed E-state index contributed by atoms with van der Waals surface area (Å²) >= 11 is 1.65. The Balaban J connectivity index is 1.00. The second-order valence-corrected chi connectivity index (χ2v) is 19.1. The number of para-hydroxylation sites is 1. The molecule has 0 atom stereocenters. The lowest BCUT2D eigenvalue weighted by Crippen LogP contribution is -2.42. The number of nitrogens with zero attached hydrogens (tertiary/aromatic N) is 4. The Morgan fingerprint density at radius 2 is 1.32 bits per heavy atom. The van der Waals surface area contributed by atoms with E-state index in [0.717, 1.165) is 88.8 Å². The number of carbonyl (C=O) groups is 3. The zero-order valence-electron chi connectivity index (χ0n) is 35.8. The summed E-state index contributed by atoms with van der Waals surface area (Å²) in [5.74, 6) is 2.09. The predicted molar refractivity (Wildman–Crippen MR) is 233 cm³/mol. The van der Waals surface area contributed by atoms with Crippen molar-refractivity contribution in [1.29, 1.82) is 0 Å². The molecule has 2 aliphatic heterocycles. The number of ether oxygens (including phenoxy) is 4. The van der Waals surface area contributed by atoms with E-state index in [1.165, 1.54) is 0 Å². The molecule has 12 heteroatoms. The molecule has 2 amide bonds. The van der Waals surface area contributed by atoms with Crippen LogP contribution in [0.25, 0.3) is 21.1 Å². The molecule has 0 N–H and O–H groups in total. The van der Waals surface area contributed by atoms with Gasteiger partial charge >= 0.3 is 12.2 Å². The van der Waals surface area contributed by atoms with E-state index in [0.29, 0.717) is 56.9 Å². The summed E-state index contributed by atoms with van der Waals surface area (Å²) < 4.78 is 29.6. The zero-order chi connectivity index (χ0) is 41.9. The summed E-state index contributed by atoms with van der Waals surface area (Å²) in [4.78, 5) is 42.8. The molecule has 0 unspecified atom stereocenters. The van der Waals surface area contributed by atoms with Crippen LogP contribution in [0.3, 0.4) is 0 Å². The van der Waals surface area contributed by atoms with Crippen molar-refractivity contribution in [1.82, 2.24) is 18.9 Å². The van der Waals surface area contributed by atoms with Crippen molar-refractivity contribution in [2.75, 3.05) is 39.4 Å². The molecule has 0 spiro atoms. The van der Waals surface area contributed by atoms with Gasteiger partial charge < -0.3 is 37.9 Å². The van der Waals surface area contributed by atoms with Gasteiger partial charge in [0, 0.05) is 62.4 Å². The van der Waals surface area contributed by atoms with Crippen LogP contribution in [0.5, 0.6) is 11.5 Å². The third-order valence-electron chi connectivity index (χ3n) is 11.3. The van der Waals surface area contributed by atoms with Crippen molar-refractivity contribution < 1.29 is 33.3 Å². The lowest BCUT2D eigenvalue weighted by molar-refractivity contribution is 0.0150. The predicted octanol–water partition coefficient (Wildman–Crippen LogP) is 10.1. The van der Waals surface area contributed by atoms with Gasteiger partial charge in [-0.15, -0.1) is 11.3 Å². The molecule has 316 valence electrons. The molecule has 59 heavy (non-hydrogen) atoms. The molecule has 11 nitrogen and oxygen atoms in total. The molecule has 5 heterocycles. The summed E-state index contributed by atoms with van der Waals surface area (Å²) in [6.45, 7) is 15.7. The Kier molecular flexibility index (Phi) is 12.7. The summed E-state index contributed by atoms with van der Waals surface area (Å²) in [5.41, 5.74) is 3.65. The Hall–Kier alpha value is -4.97. The Bertz CT molecular complexity index is 2260. The first-order valence-corrected chi connectivity index (χ1v) is 22.0. The summed E-state index contributed by atoms with van der Waals surface area (Å²) in [6.07, 6.45) is 6.54. The number of rotatable bonds is 12. The van der Waals surface area contributed by atoms with Crippen LogP contribution in [0.1, 0.15) is 95.3 Å². The fourth-order valence-corrected chi connectivity index (χ4v) is 8.89. The number of carbonyl (C=O) groups excluding carboxylic acids is 3. The van der Waals surface area contributed by atoms with Crippen LogP contribution in [-0.4, -0.2) is 87.5 Å². The molecule has 3 aromatic heterocycles. The van der Waals surface area contributed by atoms with E-state index < -0.39 is 11.2 Å². The lowest BCUT2D eigenvalue weighted by atomic mass is 9.98. The van der Waals surface area contributed by atoms with Crippen LogP contribution in [0.15, 0.2) is 66.2 Å². The normalized spacial score (nSPS) is 15.8. The van der Waals surface area contributed by atoms with Gasteiger partial charge in [-0.2, -0.15) is 0 Å². The van der Waals surface area contributed by atoms with E-state index in [4.69, 9.17) is 18.9 Å². The van der Waals surface area contributed by atoms with Crippen molar-refractivity contribution >= 4 is 50.4 Å². The highest BCUT2D eigenvalue weighted by Crippen LogP contribution is 2.33. The third kappa shape index (κ3) is 10.4. The van der Waals surface area contributed by atoms with Gasteiger partial charge in [0.05, 0.1) is 29.1 Å². The van der Waals surface area contributed by atoms with Crippen LogP contribution in [0, 0.1) is 11.8 Å². The van der Waals surface area contributed by atoms with Crippen LogP contribution < -0.4 is 9.47 Å². The van der Waals surface area contributed by atoms with Gasteiger partial charge in [-0.1, -0.05) is 24.3 Å². The number of amides is 2.